The van der Waals surface area contributed by atoms with Gasteiger partial charge < -0.3 is 25.2 Å². The first kappa shape index (κ1) is 52.0. The second kappa shape index (κ2) is 37.9. The Morgan fingerprint density at radius 3 is 1.48 bits per heavy atom. The Balaban J connectivity index is 4.38. The molecule has 0 rings (SSSR count). The number of hydrogen-bond donors (Lipinski definition) is 3. The van der Waals surface area contributed by atoms with E-state index in [4.69, 9.17) is 24.8 Å². The second-order valence-electron chi connectivity index (χ2n) is 14.5. The van der Waals surface area contributed by atoms with Crippen molar-refractivity contribution in [2.75, 3.05) is 19.8 Å². The number of allylic oxidation sites excluding steroid dienone is 4. The highest BCUT2D eigenvalue weighted by Gasteiger charge is 2.28. The largest absolute Gasteiger partial charge is 0.480 e. The molecule has 0 saturated carbocycles. The van der Waals surface area contributed by atoms with E-state index in [1.54, 1.807) is 0 Å². The van der Waals surface area contributed by atoms with Gasteiger partial charge in [0.15, 0.2) is 6.10 Å². The molecule has 316 valence electrons. The number of phosphoric ester groups is 1. The van der Waals surface area contributed by atoms with Gasteiger partial charge in [-0.3, -0.25) is 23.4 Å². The summed E-state index contributed by atoms with van der Waals surface area (Å²) in [6, 6.07) is -1.52. The van der Waals surface area contributed by atoms with Gasteiger partial charge in [0.05, 0.1) is 13.2 Å². The number of aliphatic carboxylic acids is 1. The maximum absolute atomic E-state index is 12.6. The van der Waals surface area contributed by atoms with Crippen LogP contribution >= 0.6 is 7.82 Å². The Labute approximate surface area is 328 Å². The Morgan fingerprint density at radius 2 is 0.981 bits per heavy atom. The van der Waals surface area contributed by atoms with Crippen molar-refractivity contribution in [1.82, 2.24) is 0 Å². The molecule has 0 aliphatic carbocycles. The number of rotatable bonds is 40. The summed E-state index contributed by atoms with van der Waals surface area (Å²) < 4.78 is 32.7. The fourth-order valence-electron chi connectivity index (χ4n) is 5.80. The van der Waals surface area contributed by atoms with Crippen LogP contribution in [0.5, 0.6) is 0 Å². The molecule has 0 aromatic heterocycles. The number of esters is 2. The minimum atomic E-state index is -4.71. The third kappa shape index (κ3) is 36.9. The zero-order valence-electron chi connectivity index (χ0n) is 34.1. The van der Waals surface area contributed by atoms with Gasteiger partial charge in [-0.05, 0) is 44.9 Å². The fourth-order valence-corrected chi connectivity index (χ4v) is 6.58. The quantitative estimate of drug-likeness (QED) is 0.0233. The standard InChI is InChI=1S/C42H78NO10P/c1-3-5-7-9-11-13-15-17-19-21-23-25-27-29-31-33-40(44)50-35-38(36-51-54(48,49)52-37-39(43)42(46)47)53-41(45)34-32-30-28-26-24-22-20-18-16-14-12-10-8-6-4-2/h11,13,17,19,38-39H,3-10,12,14-16,18,20-37,43H2,1-2H3,(H,46,47)(H,48,49)/t38-,39+/m1/s1. The molecule has 11 nitrogen and oxygen atoms in total. The lowest BCUT2D eigenvalue weighted by Crippen LogP contribution is -2.34. The lowest BCUT2D eigenvalue weighted by molar-refractivity contribution is -0.161. The summed E-state index contributed by atoms with van der Waals surface area (Å²) in [4.78, 5) is 45.9. The van der Waals surface area contributed by atoms with Gasteiger partial charge in [-0.2, -0.15) is 0 Å². The van der Waals surface area contributed by atoms with Crippen molar-refractivity contribution >= 4 is 25.7 Å². The predicted octanol–water partition coefficient (Wildman–Crippen LogP) is 11.1. The molecule has 12 heteroatoms. The van der Waals surface area contributed by atoms with Crippen LogP contribution < -0.4 is 5.73 Å². The summed E-state index contributed by atoms with van der Waals surface area (Å²) in [5.74, 6) is -2.39. The van der Waals surface area contributed by atoms with Crippen LogP contribution in [0.25, 0.3) is 0 Å². The molecular formula is C42H78NO10P. The number of carbonyl (C=O) groups is 3. The van der Waals surface area contributed by atoms with Crippen molar-refractivity contribution in [3.63, 3.8) is 0 Å². The molecule has 0 fully saturated rings. The molecule has 0 spiro atoms. The normalized spacial score (nSPS) is 14.0. The Bertz CT molecular complexity index is 1020. The highest BCUT2D eigenvalue weighted by atomic mass is 31.2. The molecule has 3 atom stereocenters. The van der Waals surface area contributed by atoms with E-state index >= 15 is 0 Å². The lowest BCUT2D eigenvalue weighted by Gasteiger charge is -2.20. The van der Waals surface area contributed by atoms with Gasteiger partial charge in [-0.1, -0.05) is 160 Å². The summed E-state index contributed by atoms with van der Waals surface area (Å²) in [6.07, 6.45) is 38.1. The van der Waals surface area contributed by atoms with Crippen molar-refractivity contribution < 1.29 is 47.5 Å². The summed E-state index contributed by atoms with van der Waals surface area (Å²) >= 11 is 0. The van der Waals surface area contributed by atoms with E-state index in [0.29, 0.717) is 12.8 Å². The molecule has 4 N–H and O–H groups in total. The zero-order chi connectivity index (χ0) is 40.0. The number of hydrogen-bond acceptors (Lipinski definition) is 9. The molecule has 0 heterocycles. The van der Waals surface area contributed by atoms with Crippen LogP contribution in [0.4, 0.5) is 0 Å². The molecule has 0 aromatic carbocycles. The van der Waals surface area contributed by atoms with E-state index < -0.39 is 51.1 Å². The molecule has 0 saturated heterocycles. The minimum Gasteiger partial charge on any atom is -0.480 e. The van der Waals surface area contributed by atoms with Crippen LogP contribution in [0, 0.1) is 0 Å². The molecule has 1 unspecified atom stereocenters. The highest BCUT2D eigenvalue weighted by molar-refractivity contribution is 7.47. The molecule has 0 aromatic rings. The van der Waals surface area contributed by atoms with E-state index in [-0.39, 0.29) is 19.4 Å². The Hall–Kier alpha value is -2.04. The van der Waals surface area contributed by atoms with Gasteiger partial charge in [-0.15, -0.1) is 0 Å². The van der Waals surface area contributed by atoms with Gasteiger partial charge in [0, 0.05) is 12.8 Å². The minimum absolute atomic E-state index is 0.162. The van der Waals surface area contributed by atoms with E-state index in [2.05, 4.69) is 42.7 Å². The van der Waals surface area contributed by atoms with Gasteiger partial charge in [0.2, 0.25) is 0 Å². The van der Waals surface area contributed by atoms with Crippen molar-refractivity contribution in [2.24, 2.45) is 5.73 Å². The topological polar surface area (TPSA) is 172 Å². The van der Waals surface area contributed by atoms with Crippen molar-refractivity contribution in [3.05, 3.63) is 24.3 Å². The third-order valence-corrected chi connectivity index (χ3v) is 10.2. The zero-order valence-corrected chi connectivity index (χ0v) is 35.0. The van der Waals surface area contributed by atoms with Crippen LogP contribution in [0.1, 0.15) is 194 Å². The highest BCUT2D eigenvalue weighted by Crippen LogP contribution is 2.43. The van der Waals surface area contributed by atoms with E-state index in [1.807, 2.05) is 0 Å². The van der Waals surface area contributed by atoms with E-state index in [0.717, 1.165) is 64.2 Å². The molecular weight excluding hydrogens is 709 g/mol. The fraction of sp³-hybridized carbons (Fsp3) is 0.833. The summed E-state index contributed by atoms with van der Waals surface area (Å²) in [6.45, 7) is 2.77. The first-order chi connectivity index (χ1) is 26.1. The molecule has 0 aliphatic heterocycles. The van der Waals surface area contributed by atoms with Gasteiger partial charge >= 0.3 is 25.7 Å². The monoisotopic (exact) mass is 788 g/mol. The molecule has 0 bridgehead atoms. The molecule has 0 radical (unpaired) electrons. The second-order valence-corrected chi connectivity index (χ2v) is 15.9. The number of ether oxygens (including phenoxy) is 2. The van der Waals surface area contributed by atoms with Crippen molar-refractivity contribution in [1.29, 1.82) is 0 Å². The SMILES string of the molecule is CCCCCC=CCC=CCCCCCCCC(=O)OC[C@H](COP(=O)(O)OC[C@H](N)C(=O)O)OC(=O)CCCCCCCCCCCCCCCCC. The predicted molar refractivity (Wildman–Crippen MR) is 217 cm³/mol. The molecule has 0 aliphatic rings. The van der Waals surface area contributed by atoms with Crippen LogP contribution in [-0.4, -0.2) is 59.9 Å². The summed E-state index contributed by atoms with van der Waals surface area (Å²) in [5.41, 5.74) is 5.33. The van der Waals surface area contributed by atoms with Crippen LogP contribution in [-0.2, 0) is 37.5 Å². The number of nitrogens with two attached hydrogens (primary N) is 1. The lowest BCUT2D eigenvalue weighted by atomic mass is 10.0. The van der Waals surface area contributed by atoms with E-state index in [1.165, 1.54) is 89.9 Å². The molecule has 54 heavy (non-hydrogen) atoms. The van der Waals surface area contributed by atoms with Crippen LogP contribution in [0.15, 0.2) is 24.3 Å². The maximum Gasteiger partial charge on any atom is 0.472 e. The van der Waals surface area contributed by atoms with Gasteiger partial charge in [0.25, 0.3) is 0 Å². The van der Waals surface area contributed by atoms with Gasteiger partial charge in [0.1, 0.15) is 12.6 Å². The van der Waals surface area contributed by atoms with Gasteiger partial charge in [-0.25, -0.2) is 4.57 Å². The first-order valence-electron chi connectivity index (χ1n) is 21.4. The number of carboxylic acids is 1. The maximum atomic E-state index is 12.6. The first-order valence-corrected chi connectivity index (χ1v) is 22.9. The third-order valence-electron chi connectivity index (χ3n) is 9.20. The van der Waals surface area contributed by atoms with E-state index in [9.17, 15) is 23.8 Å². The average molecular weight is 788 g/mol. The average Bonchev–Trinajstić information content (AvgIpc) is 3.14. The number of phosphoric acid groups is 1. The number of carbonyl (C=O) groups excluding carboxylic acids is 2. The number of carboxylic acid groups (broad SMARTS) is 1. The summed E-state index contributed by atoms with van der Waals surface area (Å²) in [5, 5.41) is 8.88. The van der Waals surface area contributed by atoms with Crippen LogP contribution in [0.3, 0.4) is 0 Å². The Kier molecular flexibility index (Phi) is 36.4. The van der Waals surface area contributed by atoms with Crippen LogP contribution in [0.2, 0.25) is 0 Å². The summed E-state index contributed by atoms with van der Waals surface area (Å²) in [7, 11) is -4.71. The molecule has 0 amide bonds. The van der Waals surface area contributed by atoms with Crippen molar-refractivity contribution in [2.45, 2.75) is 206 Å². The smallest absolute Gasteiger partial charge is 0.472 e. The number of unbranched alkanes of at least 4 members (excludes halogenated alkanes) is 22. The Morgan fingerprint density at radius 1 is 0.574 bits per heavy atom. The van der Waals surface area contributed by atoms with Crippen molar-refractivity contribution in [3.8, 4) is 0 Å².